The molecule has 5 aromatic carbocycles. The highest BCUT2D eigenvalue weighted by atomic mass is 16.7. The molecule has 22 nitrogen and oxygen atoms in total. The number of aliphatic hydroxyl groups is 3. The lowest BCUT2D eigenvalue weighted by Crippen LogP contribution is -2.70. The summed E-state index contributed by atoms with van der Waals surface area (Å²) >= 11 is 0. The molecule has 1 aliphatic carbocycles. The van der Waals surface area contributed by atoms with Gasteiger partial charge in [-0.25, -0.2) is 24.0 Å². The normalized spacial score (nSPS) is 25.0. The number of rotatable bonds is 20. The van der Waals surface area contributed by atoms with E-state index in [0.717, 1.165) is 10.5 Å². The highest BCUT2D eigenvalue weighted by Crippen LogP contribution is 2.35. The lowest BCUT2D eigenvalue weighted by atomic mass is 9.83. The molecule has 1 saturated heterocycles. The van der Waals surface area contributed by atoms with Gasteiger partial charge in [-0.15, -0.1) is 0 Å². The average molecular weight is 1120 g/mol. The zero-order valence-electron chi connectivity index (χ0n) is 44.7. The molecule has 5 amide bonds. The van der Waals surface area contributed by atoms with Crippen LogP contribution < -0.4 is 21.3 Å². The summed E-state index contributed by atoms with van der Waals surface area (Å²) in [6.07, 6.45) is -13.2. The van der Waals surface area contributed by atoms with Crippen molar-refractivity contribution in [1.29, 1.82) is 0 Å². The maximum Gasteiger partial charge on any atom is 0.410 e. The number of carbonyl (C=O) groups excluding carboxylic acids is 5. The van der Waals surface area contributed by atoms with Gasteiger partial charge in [-0.3, -0.25) is 0 Å². The number of hydrogen-bond acceptors (Lipinski definition) is 17. The summed E-state index contributed by atoms with van der Waals surface area (Å²) in [7, 11) is 1.33. The van der Waals surface area contributed by atoms with Crippen molar-refractivity contribution in [2.75, 3.05) is 20.2 Å². The standard InChI is InChI=1S/C59H67N5O17/c1-59(72)37-78-53(48(66)51(59)64(2)58(71)77-36-42-26-16-7-17-27-42)81-50-46(63-57(70)76-35-41-24-14-6-15-25-41)30-45(62-56(69)75-34-40-22-12-5-13-23-40)49(47(50)65)80-52-44(61-55(68)74-33-39-20-10-4-11-21-39)29-28-43(79-52)31-60-54(67)73-32-38-18-8-3-9-19-38/h3-28,44-53,65-66,72H,29-37H2,1-2H3,(H,60,67)(H,61,68)(H,62,69)(H,63,70)/t44-,45+,46-,47+,48-,49-,50+,51-,52-,53-,59+/m1/s1. The van der Waals surface area contributed by atoms with Gasteiger partial charge in [0.2, 0.25) is 6.29 Å². The van der Waals surface area contributed by atoms with Gasteiger partial charge < -0.3 is 84.1 Å². The number of carbonyl (C=O) groups is 5. The molecule has 0 bridgehead atoms. The van der Waals surface area contributed by atoms with Gasteiger partial charge in [0.25, 0.3) is 0 Å². The Morgan fingerprint density at radius 3 is 1.36 bits per heavy atom. The van der Waals surface area contributed by atoms with Gasteiger partial charge in [0.1, 0.15) is 68.8 Å². The second-order valence-electron chi connectivity index (χ2n) is 19.8. The van der Waals surface area contributed by atoms with Crippen LogP contribution in [0.1, 0.15) is 47.6 Å². The van der Waals surface area contributed by atoms with Crippen molar-refractivity contribution in [3.05, 3.63) is 191 Å². The van der Waals surface area contributed by atoms with E-state index in [1.165, 1.54) is 14.0 Å². The molecule has 81 heavy (non-hydrogen) atoms. The Morgan fingerprint density at radius 1 is 0.543 bits per heavy atom. The Hall–Kier alpha value is -8.25. The summed E-state index contributed by atoms with van der Waals surface area (Å²) in [5.41, 5.74) is 1.60. The maximum atomic E-state index is 13.8. The molecular formula is C59H67N5O17. The number of amides is 5. The summed E-state index contributed by atoms with van der Waals surface area (Å²) in [6.45, 7) is 0.125. The molecule has 0 aromatic heterocycles. The molecule has 1 saturated carbocycles. The lowest BCUT2D eigenvalue weighted by Gasteiger charge is -2.50. The van der Waals surface area contributed by atoms with E-state index in [-0.39, 0.29) is 58.2 Å². The van der Waals surface area contributed by atoms with Gasteiger partial charge in [0, 0.05) is 7.05 Å². The van der Waals surface area contributed by atoms with Gasteiger partial charge in [-0.2, -0.15) is 0 Å². The van der Waals surface area contributed by atoms with Crippen molar-refractivity contribution >= 4 is 30.5 Å². The molecule has 2 aliphatic heterocycles. The van der Waals surface area contributed by atoms with E-state index in [9.17, 15) is 39.3 Å². The third kappa shape index (κ3) is 17.1. The highest BCUT2D eigenvalue weighted by Gasteiger charge is 2.55. The minimum absolute atomic E-state index is 0.0120. The summed E-state index contributed by atoms with van der Waals surface area (Å²) in [6, 6.07) is 39.6. The fraction of sp³-hybridized carbons (Fsp3) is 0.373. The minimum atomic E-state index is -1.91. The number of ether oxygens (including phenoxy) is 9. The lowest BCUT2D eigenvalue weighted by molar-refractivity contribution is -0.311. The van der Waals surface area contributed by atoms with E-state index < -0.39 is 104 Å². The first kappa shape index (κ1) is 58.9. The van der Waals surface area contributed by atoms with Gasteiger partial charge in [-0.1, -0.05) is 152 Å². The van der Waals surface area contributed by atoms with Gasteiger partial charge in [0.05, 0.1) is 37.3 Å². The Bertz CT molecular complexity index is 2840. The summed E-state index contributed by atoms with van der Waals surface area (Å²) in [5.74, 6) is 0.168. The van der Waals surface area contributed by atoms with Crippen LogP contribution in [0.2, 0.25) is 0 Å². The fourth-order valence-corrected chi connectivity index (χ4v) is 9.49. The van der Waals surface area contributed by atoms with Crippen LogP contribution in [0.4, 0.5) is 24.0 Å². The van der Waals surface area contributed by atoms with Crippen LogP contribution in [0.3, 0.4) is 0 Å². The molecule has 7 N–H and O–H groups in total. The Morgan fingerprint density at radius 2 is 0.926 bits per heavy atom. The smallest absolute Gasteiger partial charge is 0.410 e. The quantitative estimate of drug-likeness (QED) is 0.0436. The Labute approximate surface area is 468 Å². The molecule has 3 aliphatic rings. The monoisotopic (exact) mass is 1120 g/mol. The van der Waals surface area contributed by atoms with Gasteiger partial charge in [-0.05, 0) is 53.7 Å². The Kier molecular flexibility index (Phi) is 20.9. The van der Waals surface area contributed by atoms with Crippen LogP contribution in [-0.2, 0) is 75.7 Å². The summed E-state index contributed by atoms with van der Waals surface area (Å²) < 4.78 is 53.2. The number of nitrogens with one attached hydrogen (secondary N) is 4. The SMILES string of the molecule is CN(C(=O)OCc1ccccc1)[C@@H]1[C@@H](O)[C@@H](O[C@@H]2[C@@H](O)[C@H](O[C@H]3OC(CNC(=O)OCc4ccccc4)=CC[C@H]3NC(=O)OCc3ccccc3)[C@@H](NC(=O)OCc3ccccc3)C[C@H]2NC(=O)OCc2ccccc2)OC[C@]1(C)O. The van der Waals surface area contributed by atoms with E-state index in [0.29, 0.717) is 22.3 Å². The van der Waals surface area contributed by atoms with Crippen LogP contribution in [0, 0.1) is 0 Å². The van der Waals surface area contributed by atoms with Crippen LogP contribution in [0.15, 0.2) is 163 Å². The van der Waals surface area contributed by atoms with Crippen molar-refractivity contribution in [1.82, 2.24) is 26.2 Å². The molecule has 22 heteroatoms. The number of nitrogens with zero attached hydrogens (tertiary/aromatic N) is 1. The first-order valence-electron chi connectivity index (χ1n) is 26.4. The molecule has 11 atom stereocenters. The van der Waals surface area contributed by atoms with Crippen molar-refractivity contribution in [2.45, 2.75) is 120 Å². The molecule has 2 fully saturated rings. The number of alkyl carbamates (subject to hydrolysis) is 4. The van der Waals surface area contributed by atoms with Crippen molar-refractivity contribution < 1.29 is 81.9 Å². The maximum absolute atomic E-state index is 13.8. The van der Waals surface area contributed by atoms with E-state index in [1.807, 2.05) is 30.3 Å². The zero-order valence-corrected chi connectivity index (χ0v) is 44.7. The fourth-order valence-electron chi connectivity index (χ4n) is 9.49. The first-order chi connectivity index (χ1) is 39.2. The topological polar surface area (TPSA) is 280 Å². The van der Waals surface area contributed by atoms with Crippen molar-refractivity contribution in [3.63, 3.8) is 0 Å². The number of likely N-dealkylation sites (N-methyl/N-ethyl adjacent to an activating group) is 1. The molecule has 0 radical (unpaired) electrons. The van der Waals surface area contributed by atoms with Gasteiger partial charge in [0.15, 0.2) is 6.29 Å². The van der Waals surface area contributed by atoms with E-state index >= 15 is 0 Å². The third-order valence-electron chi connectivity index (χ3n) is 13.6. The van der Waals surface area contributed by atoms with Crippen LogP contribution in [-0.4, -0.2) is 138 Å². The molecule has 0 spiro atoms. The second-order valence-corrected chi connectivity index (χ2v) is 19.8. The van der Waals surface area contributed by atoms with Gasteiger partial charge >= 0.3 is 30.5 Å². The van der Waals surface area contributed by atoms with Crippen LogP contribution in [0.5, 0.6) is 0 Å². The molecular weight excluding hydrogens is 1050 g/mol. The second kappa shape index (κ2) is 28.8. The molecule has 5 aromatic rings. The molecule has 8 rings (SSSR count). The predicted molar refractivity (Wildman–Crippen MR) is 288 cm³/mol. The highest BCUT2D eigenvalue weighted by molar-refractivity contribution is 5.70. The van der Waals surface area contributed by atoms with E-state index in [2.05, 4.69) is 21.3 Å². The number of aliphatic hydroxyl groups excluding tert-OH is 2. The molecule has 430 valence electrons. The zero-order chi connectivity index (χ0) is 57.1. The Balaban J connectivity index is 1.07. The minimum Gasteiger partial charge on any atom is -0.465 e. The predicted octanol–water partition coefficient (Wildman–Crippen LogP) is 6.07. The summed E-state index contributed by atoms with van der Waals surface area (Å²) in [4.78, 5) is 68.6. The number of benzene rings is 5. The van der Waals surface area contributed by atoms with E-state index in [1.54, 1.807) is 127 Å². The average Bonchev–Trinajstić information content (AvgIpc) is 3.66. The molecule has 0 unspecified atom stereocenters. The van der Waals surface area contributed by atoms with Crippen LogP contribution in [0.25, 0.3) is 0 Å². The largest absolute Gasteiger partial charge is 0.465 e. The van der Waals surface area contributed by atoms with Crippen LogP contribution >= 0.6 is 0 Å². The third-order valence-corrected chi connectivity index (χ3v) is 13.6. The van der Waals surface area contributed by atoms with Crippen molar-refractivity contribution in [3.8, 4) is 0 Å². The first-order valence-corrected chi connectivity index (χ1v) is 26.4. The summed E-state index contributed by atoms with van der Waals surface area (Å²) in [5, 5.41) is 47.5. The van der Waals surface area contributed by atoms with E-state index in [4.69, 9.17) is 42.6 Å². The number of hydrogen-bond donors (Lipinski definition) is 7. The van der Waals surface area contributed by atoms with Crippen molar-refractivity contribution in [2.24, 2.45) is 0 Å². The molecule has 2 heterocycles.